The van der Waals surface area contributed by atoms with Gasteiger partial charge in [0.1, 0.15) is 5.75 Å². The first kappa shape index (κ1) is 20.9. The molecule has 0 aliphatic heterocycles. The molecule has 0 aliphatic carbocycles. The minimum Gasteiger partial charge on any atom is -0.508 e. The largest absolute Gasteiger partial charge is 0.508 e. The fraction of sp³-hybridized carbons (Fsp3) is 0.333. The van der Waals surface area contributed by atoms with Gasteiger partial charge in [0.05, 0.1) is 12.2 Å². The van der Waals surface area contributed by atoms with Crippen molar-refractivity contribution in [3.05, 3.63) is 78.4 Å². The first-order valence-electron chi connectivity index (χ1n) is 9.46. The number of aromatic hydroxyl groups is 1. The third-order valence-electron chi connectivity index (χ3n) is 4.86. The van der Waals surface area contributed by atoms with E-state index in [9.17, 15) is 15.3 Å². The van der Waals surface area contributed by atoms with Gasteiger partial charge < -0.3 is 15.3 Å². The van der Waals surface area contributed by atoms with Gasteiger partial charge in [-0.25, -0.2) is 0 Å². The van der Waals surface area contributed by atoms with Crippen molar-refractivity contribution >= 4 is 11.6 Å². The zero-order chi connectivity index (χ0) is 19.8. The van der Waals surface area contributed by atoms with Crippen LogP contribution in [-0.4, -0.2) is 27.5 Å². The van der Waals surface area contributed by atoms with Gasteiger partial charge in [-0.15, -0.1) is 6.58 Å². The van der Waals surface area contributed by atoms with E-state index in [1.165, 1.54) is 0 Å². The molecule has 3 atom stereocenters. The van der Waals surface area contributed by atoms with Gasteiger partial charge in [-0.3, -0.25) is 0 Å². The number of rotatable bonds is 9. The van der Waals surface area contributed by atoms with Crippen LogP contribution in [-0.2, 0) is 0 Å². The second-order valence-electron chi connectivity index (χ2n) is 7.28. The summed E-state index contributed by atoms with van der Waals surface area (Å²) in [4.78, 5) is 0. The molecule has 2 aromatic rings. The predicted octanol–water partition coefficient (Wildman–Crippen LogP) is 4.89. The Morgan fingerprint density at radius 1 is 1.04 bits per heavy atom. The van der Waals surface area contributed by atoms with Crippen LogP contribution in [0.15, 0.2) is 67.3 Å². The molecule has 0 spiro atoms. The lowest BCUT2D eigenvalue weighted by Crippen LogP contribution is -2.33. The van der Waals surface area contributed by atoms with E-state index >= 15 is 0 Å². The molecule has 0 saturated carbocycles. The third-order valence-corrected chi connectivity index (χ3v) is 4.86. The Kier molecular flexibility index (Phi) is 7.83. The van der Waals surface area contributed by atoms with Gasteiger partial charge in [-0.1, -0.05) is 68.5 Å². The summed E-state index contributed by atoms with van der Waals surface area (Å²) in [6.45, 7) is 7.66. The number of aliphatic hydroxyl groups is 2. The molecule has 0 aliphatic rings. The number of phenolic OH excluding ortho intramolecular Hbond substituents is 1. The van der Waals surface area contributed by atoms with E-state index in [2.05, 4.69) is 6.58 Å². The van der Waals surface area contributed by atoms with Crippen LogP contribution in [0.2, 0.25) is 0 Å². The SMILES string of the molecule is C=C[C@H]([C@H](O)CC/C(=C/c1cccc(O)c1)c1ccccc1)[C@H](O)C(C)C. The molecular weight excluding hydrogens is 336 g/mol. The Bertz CT molecular complexity index is 749. The van der Waals surface area contributed by atoms with Crippen molar-refractivity contribution in [3.63, 3.8) is 0 Å². The van der Waals surface area contributed by atoms with Gasteiger partial charge in [0.25, 0.3) is 0 Å². The van der Waals surface area contributed by atoms with Gasteiger partial charge in [0.2, 0.25) is 0 Å². The van der Waals surface area contributed by atoms with Gasteiger partial charge >= 0.3 is 0 Å². The second kappa shape index (κ2) is 10.1. The number of hydrogen-bond acceptors (Lipinski definition) is 3. The van der Waals surface area contributed by atoms with Crippen LogP contribution < -0.4 is 0 Å². The molecule has 0 saturated heterocycles. The Morgan fingerprint density at radius 3 is 2.33 bits per heavy atom. The van der Waals surface area contributed by atoms with Crippen LogP contribution in [0.4, 0.5) is 0 Å². The molecule has 0 radical (unpaired) electrons. The molecule has 0 amide bonds. The summed E-state index contributed by atoms with van der Waals surface area (Å²) in [5.41, 5.74) is 3.06. The van der Waals surface area contributed by atoms with E-state index in [0.29, 0.717) is 12.8 Å². The van der Waals surface area contributed by atoms with Crippen LogP contribution in [0, 0.1) is 11.8 Å². The minimum absolute atomic E-state index is 0.0547. The predicted molar refractivity (Wildman–Crippen MR) is 112 cm³/mol. The van der Waals surface area contributed by atoms with E-state index in [1.54, 1.807) is 18.2 Å². The van der Waals surface area contributed by atoms with Crippen LogP contribution in [0.5, 0.6) is 5.75 Å². The van der Waals surface area contributed by atoms with Crippen LogP contribution >= 0.6 is 0 Å². The standard InChI is InChI=1S/C24H30O3/c1-4-22(24(27)17(2)3)23(26)14-13-20(19-10-6-5-7-11-19)15-18-9-8-12-21(25)16-18/h4-12,15-17,22-27H,1,13-14H2,2-3H3/b20-15-/t22-,23-,24-/m1/s1. The molecule has 0 heterocycles. The zero-order valence-corrected chi connectivity index (χ0v) is 16.1. The first-order valence-corrected chi connectivity index (χ1v) is 9.46. The van der Waals surface area contributed by atoms with Crippen molar-refractivity contribution < 1.29 is 15.3 Å². The van der Waals surface area contributed by atoms with Crippen LogP contribution in [0.25, 0.3) is 11.6 Å². The highest BCUT2D eigenvalue weighted by molar-refractivity contribution is 5.81. The molecule has 27 heavy (non-hydrogen) atoms. The number of benzene rings is 2. The maximum Gasteiger partial charge on any atom is 0.116 e. The van der Waals surface area contributed by atoms with E-state index in [0.717, 1.165) is 16.7 Å². The van der Waals surface area contributed by atoms with Crippen molar-refractivity contribution in [2.45, 2.75) is 38.9 Å². The Balaban J connectivity index is 2.21. The average molecular weight is 367 g/mol. The number of hydrogen-bond donors (Lipinski definition) is 3. The van der Waals surface area contributed by atoms with Gasteiger partial charge in [-0.05, 0) is 47.6 Å². The van der Waals surface area contributed by atoms with Crippen molar-refractivity contribution in [2.24, 2.45) is 11.8 Å². The summed E-state index contributed by atoms with van der Waals surface area (Å²) in [6, 6.07) is 17.1. The fourth-order valence-electron chi connectivity index (χ4n) is 3.23. The lowest BCUT2D eigenvalue weighted by atomic mass is 9.85. The van der Waals surface area contributed by atoms with E-state index in [-0.39, 0.29) is 17.6 Å². The molecule has 144 valence electrons. The van der Waals surface area contributed by atoms with Crippen molar-refractivity contribution in [2.75, 3.05) is 0 Å². The monoisotopic (exact) mass is 366 g/mol. The Hall–Kier alpha value is -2.36. The molecular formula is C24H30O3. The van der Waals surface area contributed by atoms with Gasteiger partial charge in [0, 0.05) is 5.92 Å². The number of allylic oxidation sites excluding steroid dienone is 1. The highest BCUT2D eigenvalue weighted by Crippen LogP contribution is 2.28. The maximum atomic E-state index is 10.6. The molecule has 0 aromatic heterocycles. The molecule has 0 bridgehead atoms. The van der Waals surface area contributed by atoms with Gasteiger partial charge in [-0.2, -0.15) is 0 Å². The first-order chi connectivity index (χ1) is 12.9. The molecule has 2 aromatic carbocycles. The van der Waals surface area contributed by atoms with Gasteiger partial charge in [0.15, 0.2) is 0 Å². The third kappa shape index (κ3) is 6.09. The molecule has 0 unspecified atom stereocenters. The fourth-order valence-corrected chi connectivity index (χ4v) is 3.23. The van der Waals surface area contributed by atoms with Crippen molar-refractivity contribution in [1.29, 1.82) is 0 Å². The topological polar surface area (TPSA) is 60.7 Å². The highest BCUT2D eigenvalue weighted by Gasteiger charge is 2.26. The van der Waals surface area contributed by atoms with Crippen molar-refractivity contribution in [3.8, 4) is 5.75 Å². The maximum absolute atomic E-state index is 10.6. The van der Waals surface area contributed by atoms with E-state index in [1.807, 2.05) is 62.4 Å². The summed E-state index contributed by atoms with van der Waals surface area (Å²) in [7, 11) is 0. The zero-order valence-electron chi connectivity index (χ0n) is 16.1. The smallest absolute Gasteiger partial charge is 0.116 e. The van der Waals surface area contributed by atoms with Crippen LogP contribution in [0.1, 0.15) is 37.8 Å². The summed E-state index contributed by atoms with van der Waals surface area (Å²) in [5, 5.41) is 30.7. The quantitative estimate of drug-likeness (QED) is 0.437. The summed E-state index contributed by atoms with van der Waals surface area (Å²) in [6.07, 6.45) is 3.56. The minimum atomic E-state index is -0.670. The molecule has 0 fully saturated rings. The number of phenols is 1. The Labute approximate surface area is 162 Å². The summed E-state index contributed by atoms with van der Waals surface area (Å²) >= 11 is 0. The average Bonchev–Trinajstić information content (AvgIpc) is 2.66. The molecule has 3 heteroatoms. The van der Waals surface area contributed by atoms with Crippen LogP contribution in [0.3, 0.4) is 0 Å². The second-order valence-corrected chi connectivity index (χ2v) is 7.28. The van der Waals surface area contributed by atoms with E-state index in [4.69, 9.17) is 0 Å². The lowest BCUT2D eigenvalue weighted by molar-refractivity contribution is 0.00939. The van der Waals surface area contributed by atoms with Crippen molar-refractivity contribution in [1.82, 2.24) is 0 Å². The summed E-state index contributed by atoms with van der Waals surface area (Å²) in [5.74, 6) is -0.0788. The summed E-state index contributed by atoms with van der Waals surface area (Å²) < 4.78 is 0. The number of aliphatic hydroxyl groups excluding tert-OH is 2. The van der Waals surface area contributed by atoms with E-state index < -0.39 is 12.2 Å². The molecule has 2 rings (SSSR count). The normalized spacial score (nSPS) is 15.4. The molecule has 3 nitrogen and oxygen atoms in total. The molecule has 3 N–H and O–H groups in total. The lowest BCUT2D eigenvalue weighted by Gasteiger charge is -2.27. The Morgan fingerprint density at radius 2 is 1.74 bits per heavy atom. The highest BCUT2D eigenvalue weighted by atomic mass is 16.3.